The van der Waals surface area contributed by atoms with Crippen LogP contribution in [0, 0.1) is 11.6 Å². The van der Waals surface area contributed by atoms with Crippen molar-refractivity contribution in [3.05, 3.63) is 64.5 Å². The summed E-state index contributed by atoms with van der Waals surface area (Å²) < 4.78 is 27.4. The van der Waals surface area contributed by atoms with Gasteiger partial charge in [-0.25, -0.2) is 8.78 Å². The van der Waals surface area contributed by atoms with Crippen LogP contribution in [0.1, 0.15) is 0 Å². The van der Waals surface area contributed by atoms with Crippen molar-refractivity contribution in [2.75, 3.05) is 0 Å². The van der Waals surface area contributed by atoms with Gasteiger partial charge in [0.1, 0.15) is 11.6 Å². The van der Waals surface area contributed by atoms with Gasteiger partial charge in [-0.05, 0) is 23.2 Å². The normalized spacial score (nSPS) is 9.76. The summed E-state index contributed by atoms with van der Waals surface area (Å²) in [4.78, 5) is 2.48. The summed E-state index contributed by atoms with van der Waals surface area (Å²) in [5.74, 6) is -1.50. The van der Waals surface area contributed by atoms with Crippen LogP contribution in [-0.4, -0.2) is 0 Å². The predicted molar refractivity (Wildman–Crippen MR) is 60.6 cm³/mol. The van der Waals surface area contributed by atoms with Gasteiger partial charge in [-0.2, -0.15) is 0 Å². The number of hydrogen-bond donors (Lipinski definition) is 0. The van der Waals surface area contributed by atoms with Crippen molar-refractivity contribution in [3.8, 4) is 11.1 Å². The molecule has 0 spiro atoms. The van der Waals surface area contributed by atoms with Crippen LogP contribution in [0.3, 0.4) is 0 Å². The number of halogens is 2. The SMILES string of the molecule is [N-]=[N+]=Nc1cc(F)c(-c2ccccc2)c(F)c1. The first-order valence-electron chi connectivity index (χ1n) is 4.82. The molecule has 0 amide bonds. The van der Waals surface area contributed by atoms with Crippen LogP contribution in [0.2, 0.25) is 0 Å². The smallest absolute Gasteiger partial charge is 0.134 e. The van der Waals surface area contributed by atoms with Crippen molar-refractivity contribution < 1.29 is 8.78 Å². The van der Waals surface area contributed by atoms with Gasteiger partial charge < -0.3 is 0 Å². The molecule has 0 N–H and O–H groups in total. The Morgan fingerprint density at radius 1 is 1.00 bits per heavy atom. The Bertz CT molecular complexity index is 567. The third-order valence-electron chi connectivity index (χ3n) is 2.25. The first kappa shape index (κ1) is 11.1. The molecule has 0 fully saturated rings. The topological polar surface area (TPSA) is 48.8 Å². The van der Waals surface area contributed by atoms with Crippen LogP contribution in [0.25, 0.3) is 21.6 Å². The van der Waals surface area contributed by atoms with Gasteiger partial charge in [0.15, 0.2) is 0 Å². The second kappa shape index (κ2) is 4.63. The van der Waals surface area contributed by atoms with Gasteiger partial charge in [-0.1, -0.05) is 35.4 Å². The Morgan fingerprint density at radius 3 is 2.12 bits per heavy atom. The summed E-state index contributed by atoms with van der Waals surface area (Å²) in [6, 6.07) is 10.4. The molecule has 17 heavy (non-hydrogen) atoms. The summed E-state index contributed by atoms with van der Waals surface area (Å²) in [7, 11) is 0. The van der Waals surface area contributed by atoms with Crippen molar-refractivity contribution in [3.63, 3.8) is 0 Å². The Morgan fingerprint density at radius 2 is 1.59 bits per heavy atom. The van der Waals surface area contributed by atoms with Crippen molar-refractivity contribution >= 4 is 5.69 Å². The van der Waals surface area contributed by atoms with E-state index in [0.29, 0.717) is 5.56 Å². The highest BCUT2D eigenvalue weighted by Crippen LogP contribution is 2.29. The predicted octanol–water partition coefficient (Wildman–Crippen LogP) is 4.57. The maximum atomic E-state index is 13.7. The molecule has 0 bridgehead atoms. The third-order valence-corrected chi connectivity index (χ3v) is 2.25. The average Bonchev–Trinajstić information content (AvgIpc) is 2.30. The lowest BCUT2D eigenvalue weighted by Gasteiger charge is -2.05. The van der Waals surface area contributed by atoms with E-state index >= 15 is 0 Å². The van der Waals surface area contributed by atoms with E-state index in [9.17, 15) is 8.78 Å². The first-order valence-corrected chi connectivity index (χ1v) is 4.82. The number of azide groups is 1. The average molecular weight is 231 g/mol. The standard InChI is InChI=1S/C12H7F2N3/c13-10-6-9(16-17-15)7-11(14)12(10)8-4-2-1-3-5-8/h1-7H. The molecule has 0 radical (unpaired) electrons. The largest absolute Gasteiger partial charge is 0.206 e. The molecule has 0 aliphatic heterocycles. The summed E-state index contributed by atoms with van der Waals surface area (Å²) >= 11 is 0. The molecule has 0 atom stereocenters. The minimum Gasteiger partial charge on any atom is -0.206 e. The van der Waals surface area contributed by atoms with Crippen LogP contribution >= 0.6 is 0 Å². The molecule has 84 valence electrons. The minimum absolute atomic E-state index is 0.0813. The Balaban J connectivity index is 2.60. The van der Waals surface area contributed by atoms with E-state index in [4.69, 9.17) is 5.53 Å². The number of hydrogen-bond acceptors (Lipinski definition) is 1. The fraction of sp³-hybridized carbons (Fsp3) is 0. The van der Waals surface area contributed by atoms with Gasteiger partial charge >= 0.3 is 0 Å². The van der Waals surface area contributed by atoms with Crippen molar-refractivity contribution in [1.82, 2.24) is 0 Å². The van der Waals surface area contributed by atoms with E-state index in [1.807, 2.05) is 0 Å². The fourth-order valence-corrected chi connectivity index (χ4v) is 1.55. The van der Waals surface area contributed by atoms with E-state index < -0.39 is 11.6 Å². The lowest BCUT2D eigenvalue weighted by molar-refractivity contribution is 0.590. The van der Waals surface area contributed by atoms with Crippen LogP contribution in [0.4, 0.5) is 14.5 Å². The molecular formula is C12H7F2N3. The second-order valence-electron chi connectivity index (χ2n) is 3.34. The van der Waals surface area contributed by atoms with E-state index in [-0.39, 0.29) is 11.3 Å². The fourth-order valence-electron chi connectivity index (χ4n) is 1.55. The van der Waals surface area contributed by atoms with Gasteiger partial charge in [-0.15, -0.1) is 0 Å². The van der Waals surface area contributed by atoms with Crippen molar-refractivity contribution in [2.45, 2.75) is 0 Å². The molecule has 2 aromatic carbocycles. The molecular weight excluding hydrogens is 224 g/mol. The van der Waals surface area contributed by atoms with Gasteiger partial charge in [0.05, 0.1) is 5.56 Å². The Kier molecular flexibility index (Phi) is 3.03. The zero-order valence-corrected chi connectivity index (χ0v) is 8.64. The van der Waals surface area contributed by atoms with Crippen LogP contribution in [0.5, 0.6) is 0 Å². The molecule has 2 aromatic rings. The maximum Gasteiger partial charge on any atom is 0.134 e. The molecule has 0 aromatic heterocycles. The number of rotatable bonds is 2. The van der Waals surface area contributed by atoms with E-state index in [1.165, 1.54) is 0 Å². The quantitative estimate of drug-likeness (QED) is 0.413. The Labute approximate surface area is 96.0 Å². The molecule has 0 heterocycles. The van der Waals surface area contributed by atoms with Gasteiger partial charge in [0.2, 0.25) is 0 Å². The highest BCUT2D eigenvalue weighted by molar-refractivity contribution is 5.66. The summed E-state index contributed by atoms with van der Waals surface area (Å²) in [5.41, 5.74) is 8.44. The second-order valence-corrected chi connectivity index (χ2v) is 3.34. The molecule has 0 aliphatic carbocycles. The van der Waals surface area contributed by atoms with Gasteiger partial charge in [0.25, 0.3) is 0 Å². The molecule has 5 heteroatoms. The molecule has 0 aliphatic rings. The van der Waals surface area contributed by atoms with E-state index in [0.717, 1.165) is 12.1 Å². The maximum absolute atomic E-state index is 13.7. The van der Waals surface area contributed by atoms with Crippen molar-refractivity contribution in [1.29, 1.82) is 0 Å². The van der Waals surface area contributed by atoms with E-state index in [1.54, 1.807) is 30.3 Å². The molecule has 3 nitrogen and oxygen atoms in total. The molecule has 0 saturated heterocycles. The van der Waals surface area contributed by atoms with Crippen LogP contribution < -0.4 is 0 Å². The summed E-state index contributed by atoms with van der Waals surface area (Å²) in [6.07, 6.45) is 0. The lowest BCUT2D eigenvalue weighted by atomic mass is 10.0. The summed E-state index contributed by atoms with van der Waals surface area (Å²) in [6.45, 7) is 0. The highest BCUT2D eigenvalue weighted by Gasteiger charge is 2.12. The van der Waals surface area contributed by atoms with Crippen LogP contribution in [-0.2, 0) is 0 Å². The van der Waals surface area contributed by atoms with Gasteiger partial charge in [-0.3, -0.25) is 0 Å². The first-order chi connectivity index (χ1) is 8.22. The number of benzene rings is 2. The monoisotopic (exact) mass is 231 g/mol. The zero-order valence-electron chi connectivity index (χ0n) is 8.64. The van der Waals surface area contributed by atoms with Crippen molar-refractivity contribution in [2.24, 2.45) is 5.11 Å². The third kappa shape index (κ3) is 2.24. The Hall–Kier alpha value is -2.39. The molecule has 2 rings (SSSR count). The number of nitrogens with zero attached hydrogens (tertiary/aromatic N) is 3. The highest BCUT2D eigenvalue weighted by atomic mass is 19.1. The summed E-state index contributed by atoms with van der Waals surface area (Å²) in [5, 5.41) is 3.16. The minimum atomic E-state index is -0.751. The zero-order chi connectivity index (χ0) is 12.3. The van der Waals surface area contributed by atoms with E-state index in [2.05, 4.69) is 10.0 Å². The van der Waals surface area contributed by atoms with Crippen LogP contribution in [0.15, 0.2) is 47.6 Å². The molecule has 0 saturated carbocycles. The lowest BCUT2D eigenvalue weighted by Crippen LogP contribution is -1.89. The van der Waals surface area contributed by atoms with Gasteiger partial charge in [0, 0.05) is 10.6 Å². The molecule has 0 unspecified atom stereocenters.